The van der Waals surface area contributed by atoms with E-state index in [0.717, 1.165) is 13.0 Å². The molecule has 1 unspecified atom stereocenters. The summed E-state index contributed by atoms with van der Waals surface area (Å²) in [6, 6.07) is 0. The van der Waals surface area contributed by atoms with Crippen molar-refractivity contribution in [2.24, 2.45) is 0 Å². The lowest BCUT2D eigenvalue weighted by Crippen LogP contribution is -2.52. The van der Waals surface area contributed by atoms with Gasteiger partial charge < -0.3 is 5.11 Å². The molecule has 0 saturated carbocycles. The molecule has 0 radical (unpaired) electrons. The fourth-order valence-electron chi connectivity index (χ4n) is 3.15. The van der Waals surface area contributed by atoms with E-state index in [1.54, 1.807) is 0 Å². The van der Waals surface area contributed by atoms with Crippen LogP contribution < -0.4 is 0 Å². The second-order valence-corrected chi connectivity index (χ2v) is 5.22. The van der Waals surface area contributed by atoms with Gasteiger partial charge in [-0.1, -0.05) is 6.92 Å². The number of carboxylic acids is 1. The molecule has 2 aliphatic rings. The number of hydrogen-bond donors (Lipinski definition) is 1. The van der Waals surface area contributed by atoms with Crippen molar-refractivity contribution in [2.75, 3.05) is 19.6 Å². The third kappa shape index (κ3) is 2.36. The lowest BCUT2D eigenvalue weighted by molar-refractivity contribution is -0.150. The maximum Gasteiger partial charge on any atom is 0.324 e. The summed E-state index contributed by atoms with van der Waals surface area (Å²) in [6.45, 7) is 3.36. The highest BCUT2D eigenvalue weighted by Crippen LogP contribution is 2.32. The van der Waals surface area contributed by atoms with Gasteiger partial charge in [0.15, 0.2) is 0 Å². The van der Waals surface area contributed by atoms with E-state index in [0.29, 0.717) is 25.9 Å². The van der Waals surface area contributed by atoms with Crippen molar-refractivity contribution in [1.82, 2.24) is 9.80 Å². The third-order valence-corrected chi connectivity index (χ3v) is 4.36. The Bertz CT molecular complexity index is 393. The van der Waals surface area contributed by atoms with E-state index in [4.69, 9.17) is 0 Å². The van der Waals surface area contributed by atoms with Gasteiger partial charge in [-0.05, 0) is 25.8 Å². The Balaban J connectivity index is 2.00. The second kappa shape index (κ2) is 5.28. The first-order chi connectivity index (χ1) is 9.01. The van der Waals surface area contributed by atoms with Crippen molar-refractivity contribution >= 4 is 17.8 Å². The first kappa shape index (κ1) is 14.0. The predicted molar refractivity (Wildman–Crippen MR) is 67.4 cm³/mol. The molecule has 19 heavy (non-hydrogen) atoms. The molecule has 106 valence electrons. The van der Waals surface area contributed by atoms with Crippen molar-refractivity contribution < 1.29 is 19.5 Å². The Morgan fingerprint density at radius 1 is 1.26 bits per heavy atom. The molecule has 0 aromatic rings. The van der Waals surface area contributed by atoms with Crippen LogP contribution >= 0.6 is 0 Å². The Morgan fingerprint density at radius 2 is 1.89 bits per heavy atom. The van der Waals surface area contributed by atoms with E-state index in [9.17, 15) is 19.5 Å². The SMILES string of the molecule is CCC1(C(=O)O)CCCN1CCN1C(=O)CCC1=O. The van der Waals surface area contributed by atoms with Gasteiger partial charge in [0, 0.05) is 25.9 Å². The molecule has 2 fully saturated rings. The highest BCUT2D eigenvalue weighted by molar-refractivity contribution is 6.01. The summed E-state index contributed by atoms with van der Waals surface area (Å²) in [7, 11) is 0. The zero-order valence-corrected chi connectivity index (χ0v) is 11.2. The van der Waals surface area contributed by atoms with Crippen LogP contribution in [0.15, 0.2) is 0 Å². The summed E-state index contributed by atoms with van der Waals surface area (Å²) in [6.07, 6.45) is 2.61. The molecule has 6 heteroatoms. The highest BCUT2D eigenvalue weighted by atomic mass is 16.4. The van der Waals surface area contributed by atoms with Crippen molar-refractivity contribution in [3.8, 4) is 0 Å². The molecule has 0 aliphatic carbocycles. The number of amides is 2. The molecule has 0 aromatic carbocycles. The third-order valence-electron chi connectivity index (χ3n) is 4.36. The quantitative estimate of drug-likeness (QED) is 0.733. The fourth-order valence-corrected chi connectivity index (χ4v) is 3.15. The van der Waals surface area contributed by atoms with Crippen LogP contribution in [-0.2, 0) is 14.4 Å². The average molecular weight is 268 g/mol. The minimum absolute atomic E-state index is 0.137. The molecule has 2 aliphatic heterocycles. The van der Waals surface area contributed by atoms with Crippen LogP contribution in [-0.4, -0.2) is 57.9 Å². The number of hydrogen-bond acceptors (Lipinski definition) is 4. The molecule has 0 bridgehead atoms. The fraction of sp³-hybridized carbons (Fsp3) is 0.769. The molecule has 0 spiro atoms. The van der Waals surface area contributed by atoms with Gasteiger partial charge >= 0.3 is 5.97 Å². The van der Waals surface area contributed by atoms with E-state index in [1.807, 2.05) is 11.8 Å². The standard InChI is InChI=1S/C13H20N2O4/c1-2-13(12(18)19)6-3-7-14(13)8-9-15-10(16)4-5-11(15)17/h2-9H2,1H3,(H,18,19). The molecule has 1 N–H and O–H groups in total. The number of carbonyl (C=O) groups excluding carboxylic acids is 2. The van der Waals surface area contributed by atoms with Gasteiger partial charge in [0.05, 0.1) is 0 Å². The molecule has 2 heterocycles. The lowest BCUT2D eigenvalue weighted by Gasteiger charge is -2.34. The maximum atomic E-state index is 11.5. The number of nitrogens with zero attached hydrogens (tertiary/aromatic N) is 2. The lowest BCUT2D eigenvalue weighted by atomic mass is 9.93. The van der Waals surface area contributed by atoms with E-state index in [-0.39, 0.29) is 24.7 Å². The average Bonchev–Trinajstić information content (AvgIpc) is 2.92. The topological polar surface area (TPSA) is 77.9 Å². The minimum Gasteiger partial charge on any atom is -0.480 e. The highest BCUT2D eigenvalue weighted by Gasteiger charge is 2.46. The molecule has 1 atom stereocenters. The number of rotatable bonds is 5. The van der Waals surface area contributed by atoms with Crippen LogP contribution in [0.2, 0.25) is 0 Å². The predicted octanol–water partition coefficient (Wildman–Crippen LogP) is 0.465. The molecular weight excluding hydrogens is 248 g/mol. The van der Waals surface area contributed by atoms with Crippen LogP contribution in [0.5, 0.6) is 0 Å². The first-order valence-corrected chi connectivity index (χ1v) is 6.83. The van der Waals surface area contributed by atoms with E-state index >= 15 is 0 Å². The summed E-state index contributed by atoms with van der Waals surface area (Å²) in [5, 5.41) is 9.44. The summed E-state index contributed by atoms with van der Waals surface area (Å²) in [5.74, 6) is -1.07. The Hall–Kier alpha value is -1.43. The van der Waals surface area contributed by atoms with Gasteiger partial charge in [-0.25, -0.2) is 0 Å². The maximum absolute atomic E-state index is 11.5. The molecule has 6 nitrogen and oxygen atoms in total. The van der Waals surface area contributed by atoms with Crippen molar-refractivity contribution in [2.45, 2.75) is 44.6 Å². The first-order valence-electron chi connectivity index (χ1n) is 6.83. The van der Waals surface area contributed by atoms with Gasteiger partial charge in [0.2, 0.25) is 11.8 Å². The Kier molecular flexibility index (Phi) is 3.89. The minimum atomic E-state index is -0.814. The zero-order valence-electron chi connectivity index (χ0n) is 11.2. The van der Waals surface area contributed by atoms with Crippen LogP contribution in [0.3, 0.4) is 0 Å². The number of carboxylic acid groups (broad SMARTS) is 1. The van der Waals surface area contributed by atoms with Crippen molar-refractivity contribution in [3.05, 3.63) is 0 Å². The van der Waals surface area contributed by atoms with Gasteiger partial charge in [-0.2, -0.15) is 0 Å². The summed E-state index contributed by atoms with van der Waals surface area (Å²) in [4.78, 5) is 37.7. The van der Waals surface area contributed by atoms with Crippen molar-refractivity contribution in [1.29, 1.82) is 0 Å². The van der Waals surface area contributed by atoms with Crippen LogP contribution in [0.4, 0.5) is 0 Å². The molecule has 0 aromatic heterocycles. The normalized spacial score (nSPS) is 28.4. The summed E-state index contributed by atoms with van der Waals surface area (Å²) in [5.41, 5.74) is -0.814. The summed E-state index contributed by atoms with van der Waals surface area (Å²) < 4.78 is 0. The molecule has 2 amide bonds. The van der Waals surface area contributed by atoms with Gasteiger partial charge in [0.1, 0.15) is 5.54 Å². The number of aliphatic carboxylic acids is 1. The van der Waals surface area contributed by atoms with E-state index < -0.39 is 11.5 Å². The monoisotopic (exact) mass is 268 g/mol. The second-order valence-electron chi connectivity index (χ2n) is 5.22. The molecule has 2 rings (SSSR count). The number of likely N-dealkylation sites (tertiary alicyclic amines) is 2. The number of imide groups is 1. The zero-order chi connectivity index (χ0) is 14.0. The van der Waals surface area contributed by atoms with Crippen LogP contribution in [0.1, 0.15) is 39.0 Å². The smallest absolute Gasteiger partial charge is 0.324 e. The molecular formula is C13H20N2O4. The Morgan fingerprint density at radius 3 is 2.42 bits per heavy atom. The molecule has 2 saturated heterocycles. The van der Waals surface area contributed by atoms with E-state index in [1.165, 1.54) is 4.90 Å². The Labute approximate surface area is 112 Å². The largest absolute Gasteiger partial charge is 0.480 e. The van der Waals surface area contributed by atoms with E-state index in [2.05, 4.69) is 0 Å². The van der Waals surface area contributed by atoms with Gasteiger partial charge in [0.25, 0.3) is 0 Å². The van der Waals surface area contributed by atoms with Crippen LogP contribution in [0, 0.1) is 0 Å². The van der Waals surface area contributed by atoms with Gasteiger partial charge in [-0.3, -0.25) is 24.2 Å². The van der Waals surface area contributed by atoms with Crippen LogP contribution in [0.25, 0.3) is 0 Å². The van der Waals surface area contributed by atoms with Crippen molar-refractivity contribution in [3.63, 3.8) is 0 Å². The summed E-state index contributed by atoms with van der Waals surface area (Å²) >= 11 is 0. The van der Waals surface area contributed by atoms with Gasteiger partial charge in [-0.15, -0.1) is 0 Å². The number of carbonyl (C=O) groups is 3.